The summed E-state index contributed by atoms with van der Waals surface area (Å²) in [6.45, 7) is 2.39. The Morgan fingerprint density at radius 1 is 1.04 bits per heavy atom. The minimum atomic E-state index is -4.01. The first-order valence-electron chi connectivity index (χ1n) is 7.08. The molecule has 0 saturated heterocycles. The van der Waals surface area contributed by atoms with E-state index in [2.05, 4.69) is 0 Å². The SMILES string of the molecule is CCn1cc(S(=O)(=O)c2ccc(F)cc2)c(=O)c2ccccc21. The maximum atomic E-state index is 13.0. The molecule has 0 amide bonds. The molecule has 0 aliphatic rings. The minimum Gasteiger partial charge on any atom is -0.346 e. The van der Waals surface area contributed by atoms with E-state index in [-0.39, 0.29) is 9.79 Å². The average Bonchev–Trinajstić information content (AvgIpc) is 2.55. The Morgan fingerprint density at radius 3 is 2.35 bits per heavy atom. The highest BCUT2D eigenvalue weighted by atomic mass is 32.2. The van der Waals surface area contributed by atoms with Crippen molar-refractivity contribution in [1.82, 2.24) is 4.57 Å². The molecule has 0 radical (unpaired) electrons. The highest BCUT2D eigenvalue weighted by Gasteiger charge is 2.23. The number of pyridine rings is 1. The Bertz CT molecular complexity index is 1040. The van der Waals surface area contributed by atoms with Crippen LogP contribution in [0.1, 0.15) is 6.92 Å². The molecule has 1 heterocycles. The second kappa shape index (κ2) is 5.62. The first-order valence-corrected chi connectivity index (χ1v) is 8.56. The number of para-hydroxylation sites is 1. The molecular formula is C17H14FNO3S. The van der Waals surface area contributed by atoms with Gasteiger partial charge in [-0.2, -0.15) is 0 Å². The normalized spacial score (nSPS) is 11.7. The van der Waals surface area contributed by atoms with Gasteiger partial charge in [0.15, 0.2) is 0 Å². The lowest BCUT2D eigenvalue weighted by Gasteiger charge is -2.12. The van der Waals surface area contributed by atoms with E-state index in [0.29, 0.717) is 17.4 Å². The summed E-state index contributed by atoms with van der Waals surface area (Å²) < 4.78 is 40.2. The Hall–Kier alpha value is -2.47. The fourth-order valence-corrected chi connectivity index (χ4v) is 3.88. The number of hydrogen-bond donors (Lipinski definition) is 0. The van der Waals surface area contributed by atoms with Gasteiger partial charge in [-0.3, -0.25) is 4.79 Å². The lowest BCUT2D eigenvalue weighted by molar-refractivity contribution is 0.592. The molecule has 3 rings (SSSR count). The second-order valence-electron chi connectivity index (χ2n) is 5.08. The Labute approximate surface area is 132 Å². The smallest absolute Gasteiger partial charge is 0.211 e. The maximum absolute atomic E-state index is 13.0. The van der Waals surface area contributed by atoms with Crippen molar-refractivity contribution in [3.05, 3.63) is 70.8 Å². The van der Waals surface area contributed by atoms with Crippen LogP contribution in [-0.2, 0) is 16.4 Å². The first-order chi connectivity index (χ1) is 10.9. The van der Waals surface area contributed by atoms with Crippen LogP contribution in [0.3, 0.4) is 0 Å². The second-order valence-corrected chi connectivity index (χ2v) is 7.00. The van der Waals surface area contributed by atoms with Gasteiger partial charge in [0.25, 0.3) is 0 Å². The molecule has 0 aliphatic carbocycles. The van der Waals surface area contributed by atoms with E-state index >= 15 is 0 Å². The number of sulfone groups is 1. The van der Waals surface area contributed by atoms with Crippen molar-refractivity contribution in [3.8, 4) is 0 Å². The molecule has 0 atom stereocenters. The van der Waals surface area contributed by atoms with Gasteiger partial charge in [-0.05, 0) is 43.3 Å². The molecule has 4 nitrogen and oxygen atoms in total. The number of nitrogens with zero attached hydrogens (tertiary/aromatic N) is 1. The first kappa shape index (κ1) is 15.4. The third kappa shape index (κ3) is 2.55. The number of fused-ring (bicyclic) bond motifs is 1. The molecule has 0 fully saturated rings. The highest BCUT2D eigenvalue weighted by Crippen LogP contribution is 2.21. The monoisotopic (exact) mass is 331 g/mol. The summed E-state index contributed by atoms with van der Waals surface area (Å²) in [6, 6.07) is 11.3. The van der Waals surface area contributed by atoms with Gasteiger partial charge in [-0.25, -0.2) is 12.8 Å². The molecule has 1 aromatic heterocycles. The van der Waals surface area contributed by atoms with Crippen LogP contribution in [0.15, 0.2) is 69.3 Å². The zero-order valence-corrected chi connectivity index (χ0v) is 13.2. The molecule has 3 aromatic rings. The van der Waals surface area contributed by atoms with Crippen molar-refractivity contribution in [2.75, 3.05) is 0 Å². The van der Waals surface area contributed by atoms with E-state index in [4.69, 9.17) is 0 Å². The lowest BCUT2D eigenvalue weighted by Crippen LogP contribution is -2.19. The van der Waals surface area contributed by atoms with E-state index in [1.807, 2.05) is 6.92 Å². The largest absolute Gasteiger partial charge is 0.346 e. The summed E-state index contributed by atoms with van der Waals surface area (Å²) in [4.78, 5) is 12.2. The lowest BCUT2D eigenvalue weighted by atomic mass is 10.2. The Morgan fingerprint density at radius 2 is 1.70 bits per heavy atom. The molecular weight excluding hydrogens is 317 g/mol. The van der Waals surface area contributed by atoms with Crippen LogP contribution in [0.25, 0.3) is 10.9 Å². The molecule has 0 N–H and O–H groups in total. The summed E-state index contributed by atoms with van der Waals surface area (Å²) in [5, 5.41) is 0.345. The summed E-state index contributed by atoms with van der Waals surface area (Å²) in [5.74, 6) is -0.534. The molecule has 6 heteroatoms. The number of aryl methyl sites for hydroxylation is 1. The third-order valence-corrected chi connectivity index (χ3v) is 5.47. The van der Waals surface area contributed by atoms with Gasteiger partial charge >= 0.3 is 0 Å². The third-order valence-electron chi connectivity index (χ3n) is 3.71. The van der Waals surface area contributed by atoms with Crippen LogP contribution in [0, 0.1) is 5.82 Å². The molecule has 23 heavy (non-hydrogen) atoms. The molecule has 2 aromatic carbocycles. The van der Waals surface area contributed by atoms with Crippen molar-refractivity contribution in [2.24, 2.45) is 0 Å². The van der Waals surface area contributed by atoms with Crippen LogP contribution < -0.4 is 5.43 Å². The van der Waals surface area contributed by atoms with Crippen molar-refractivity contribution in [2.45, 2.75) is 23.3 Å². The van der Waals surface area contributed by atoms with Gasteiger partial charge < -0.3 is 4.57 Å². The zero-order valence-electron chi connectivity index (χ0n) is 12.4. The van der Waals surface area contributed by atoms with Crippen LogP contribution in [0.5, 0.6) is 0 Å². The molecule has 0 saturated carbocycles. The summed E-state index contributed by atoms with van der Waals surface area (Å²) in [7, 11) is -4.01. The predicted octanol–water partition coefficient (Wildman–Crippen LogP) is 2.99. The van der Waals surface area contributed by atoms with Crippen LogP contribution in [0.4, 0.5) is 4.39 Å². The molecule has 118 valence electrons. The molecule has 0 unspecified atom stereocenters. The summed E-state index contributed by atoms with van der Waals surface area (Å²) in [6.07, 6.45) is 1.35. The van der Waals surface area contributed by atoms with E-state index in [1.165, 1.54) is 6.20 Å². The van der Waals surface area contributed by atoms with Gasteiger partial charge in [-0.15, -0.1) is 0 Å². The molecule has 0 aliphatic heterocycles. The summed E-state index contributed by atoms with van der Waals surface area (Å²) in [5.41, 5.74) is 0.132. The Balaban J connectivity index is 2.34. The number of hydrogen-bond acceptors (Lipinski definition) is 3. The fraction of sp³-hybridized carbons (Fsp3) is 0.118. The topological polar surface area (TPSA) is 56.1 Å². The van der Waals surface area contributed by atoms with Gasteiger partial charge in [-0.1, -0.05) is 12.1 Å². The maximum Gasteiger partial charge on any atom is 0.211 e. The van der Waals surface area contributed by atoms with Crippen molar-refractivity contribution < 1.29 is 12.8 Å². The quantitative estimate of drug-likeness (QED) is 0.693. The number of benzene rings is 2. The van der Waals surface area contributed by atoms with Crippen LogP contribution in [0.2, 0.25) is 0 Å². The summed E-state index contributed by atoms with van der Waals surface area (Å²) >= 11 is 0. The van der Waals surface area contributed by atoms with E-state index in [0.717, 1.165) is 24.3 Å². The van der Waals surface area contributed by atoms with Crippen molar-refractivity contribution in [1.29, 1.82) is 0 Å². The van der Waals surface area contributed by atoms with Gasteiger partial charge in [0.1, 0.15) is 10.7 Å². The highest BCUT2D eigenvalue weighted by molar-refractivity contribution is 7.91. The minimum absolute atomic E-state index is 0.103. The fourth-order valence-electron chi connectivity index (χ4n) is 2.51. The number of aromatic nitrogens is 1. The number of rotatable bonds is 3. The van der Waals surface area contributed by atoms with Crippen LogP contribution >= 0.6 is 0 Å². The van der Waals surface area contributed by atoms with Crippen molar-refractivity contribution in [3.63, 3.8) is 0 Å². The van der Waals surface area contributed by atoms with Crippen LogP contribution in [-0.4, -0.2) is 13.0 Å². The van der Waals surface area contributed by atoms with Gasteiger partial charge in [0.2, 0.25) is 15.3 Å². The van der Waals surface area contributed by atoms with Gasteiger partial charge in [0.05, 0.1) is 10.4 Å². The zero-order chi connectivity index (χ0) is 16.6. The van der Waals surface area contributed by atoms with E-state index in [1.54, 1.807) is 28.8 Å². The van der Waals surface area contributed by atoms with Crippen molar-refractivity contribution >= 4 is 20.7 Å². The Kier molecular flexibility index (Phi) is 3.77. The standard InChI is InChI=1S/C17H14FNO3S/c1-2-19-11-16(17(20)14-5-3-4-6-15(14)19)23(21,22)13-9-7-12(18)8-10-13/h3-11H,2H2,1H3. The van der Waals surface area contributed by atoms with Gasteiger partial charge in [0, 0.05) is 18.1 Å². The average molecular weight is 331 g/mol. The number of halogens is 1. The van der Waals surface area contributed by atoms with E-state index in [9.17, 15) is 17.6 Å². The predicted molar refractivity (Wildman–Crippen MR) is 85.7 cm³/mol. The van der Waals surface area contributed by atoms with E-state index < -0.39 is 21.1 Å². The molecule has 0 spiro atoms. The molecule has 0 bridgehead atoms.